The van der Waals surface area contributed by atoms with E-state index in [-0.39, 0.29) is 35.8 Å². The van der Waals surface area contributed by atoms with Crippen molar-refractivity contribution < 1.29 is 22.7 Å². The Labute approximate surface area is 167 Å². The van der Waals surface area contributed by atoms with Crippen LogP contribution in [0.1, 0.15) is 18.0 Å². The summed E-state index contributed by atoms with van der Waals surface area (Å²) in [6.07, 6.45) is 4.22. The highest BCUT2D eigenvalue weighted by Crippen LogP contribution is 2.31. The van der Waals surface area contributed by atoms with E-state index in [9.17, 15) is 18.0 Å². The Morgan fingerprint density at radius 3 is 2.80 bits per heavy atom. The number of nitrogens with one attached hydrogen (secondary N) is 1. The Bertz CT molecular complexity index is 1160. The maximum Gasteiger partial charge on any atom is 0.341 e. The standard InChI is InChI=1S/C19H15F3N6O2/c20-11-3-10(6-23-7-11)16-1-2-24-28(16)19(29)27-8-12(9-27)30-17-5-15-13(4-14(17)21)18(22)26-25-15/h2-7,12,16H,1,8-9H2,(H,25,26). The Balaban J connectivity index is 1.24. The van der Waals surface area contributed by atoms with E-state index in [0.717, 1.165) is 12.3 Å². The summed E-state index contributed by atoms with van der Waals surface area (Å²) in [4.78, 5) is 18.1. The van der Waals surface area contributed by atoms with Crippen LogP contribution < -0.4 is 4.74 Å². The number of likely N-dealkylation sites (tertiary alicyclic amines) is 1. The second-order valence-electron chi connectivity index (χ2n) is 7.10. The summed E-state index contributed by atoms with van der Waals surface area (Å²) < 4.78 is 46.7. The number of nitrogens with zero attached hydrogens (tertiary/aromatic N) is 5. The van der Waals surface area contributed by atoms with E-state index in [1.54, 1.807) is 6.21 Å². The van der Waals surface area contributed by atoms with Gasteiger partial charge in [-0.2, -0.15) is 14.6 Å². The number of hydrogen-bond donors (Lipinski definition) is 1. The molecule has 30 heavy (non-hydrogen) atoms. The van der Waals surface area contributed by atoms with Crippen LogP contribution in [-0.4, -0.2) is 56.5 Å². The number of hydrazone groups is 1. The molecule has 0 radical (unpaired) electrons. The highest BCUT2D eigenvalue weighted by molar-refractivity contribution is 5.80. The molecule has 1 aromatic carbocycles. The van der Waals surface area contributed by atoms with E-state index < -0.39 is 29.7 Å². The van der Waals surface area contributed by atoms with Crippen molar-refractivity contribution in [1.82, 2.24) is 25.1 Å². The number of H-pyrrole nitrogens is 1. The predicted octanol–water partition coefficient (Wildman–Crippen LogP) is 2.99. The van der Waals surface area contributed by atoms with Gasteiger partial charge in [-0.15, -0.1) is 0 Å². The third-order valence-corrected chi connectivity index (χ3v) is 5.11. The molecular formula is C19H15F3N6O2. The summed E-state index contributed by atoms with van der Waals surface area (Å²) in [7, 11) is 0. The molecule has 2 aliphatic rings. The average Bonchev–Trinajstić information content (AvgIpc) is 3.31. The van der Waals surface area contributed by atoms with Crippen molar-refractivity contribution in [3.05, 3.63) is 53.7 Å². The normalized spacial score (nSPS) is 18.8. The van der Waals surface area contributed by atoms with Crippen LogP contribution >= 0.6 is 0 Å². The molecule has 2 aliphatic heterocycles. The van der Waals surface area contributed by atoms with Gasteiger partial charge in [-0.25, -0.2) is 18.6 Å². The number of hydrogen-bond acceptors (Lipinski definition) is 5. The molecule has 3 aromatic rings. The Kier molecular flexibility index (Phi) is 4.30. The molecule has 4 heterocycles. The monoisotopic (exact) mass is 416 g/mol. The molecule has 1 unspecified atom stereocenters. The third-order valence-electron chi connectivity index (χ3n) is 5.11. The van der Waals surface area contributed by atoms with Gasteiger partial charge in [0, 0.05) is 24.9 Å². The van der Waals surface area contributed by atoms with Crippen molar-refractivity contribution in [2.45, 2.75) is 18.6 Å². The first kappa shape index (κ1) is 18.4. The van der Waals surface area contributed by atoms with Crippen molar-refractivity contribution in [3.63, 3.8) is 0 Å². The minimum Gasteiger partial charge on any atom is -0.484 e. The summed E-state index contributed by atoms with van der Waals surface area (Å²) >= 11 is 0. The maximum absolute atomic E-state index is 14.2. The van der Waals surface area contributed by atoms with Gasteiger partial charge in [0.1, 0.15) is 11.9 Å². The highest BCUT2D eigenvalue weighted by Gasteiger charge is 2.39. The van der Waals surface area contributed by atoms with E-state index in [4.69, 9.17) is 4.74 Å². The molecule has 2 amide bonds. The predicted molar refractivity (Wildman–Crippen MR) is 99.3 cm³/mol. The van der Waals surface area contributed by atoms with Crippen molar-refractivity contribution in [3.8, 4) is 5.75 Å². The minimum absolute atomic E-state index is 0.0371. The number of rotatable bonds is 3. The lowest BCUT2D eigenvalue weighted by Crippen LogP contribution is -2.58. The molecule has 0 aliphatic carbocycles. The topological polar surface area (TPSA) is 86.7 Å². The van der Waals surface area contributed by atoms with Gasteiger partial charge < -0.3 is 9.64 Å². The first-order valence-electron chi connectivity index (χ1n) is 9.20. The maximum atomic E-state index is 14.2. The second-order valence-corrected chi connectivity index (χ2v) is 7.10. The van der Waals surface area contributed by atoms with Crippen LogP contribution in [0.5, 0.6) is 5.75 Å². The second kappa shape index (κ2) is 7.01. The molecule has 8 nitrogen and oxygen atoms in total. The zero-order chi connectivity index (χ0) is 20.8. The smallest absolute Gasteiger partial charge is 0.341 e. The SMILES string of the molecule is O=C(N1CC(Oc2cc3n[nH]c(F)c3cc2F)C1)N1N=CCC1c1cncc(F)c1. The summed E-state index contributed by atoms with van der Waals surface area (Å²) in [5, 5.41) is 11.3. The lowest BCUT2D eigenvalue weighted by molar-refractivity contribution is 0.0258. The summed E-state index contributed by atoms with van der Waals surface area (Å²) in [6, 6.07) is 2.86. The number of aromatic nitrogens is 3. The van der Waals surface area contributed by atoms with E-state index in [1.165, 1.54) is 28.2 Å². The molecule has 0 bridgehead atoms. The Hall–Kier alpha value is -3.63. The number of amides is 2. The molecule has 1 atom stereocenters. The van der Waals surface area contributed by atoms with Crippen molar-refractivity contribution in [2.75, 3.05) is 13.1 Å². The molecule has 154 valence electrons. The molecule has 5 rings (SSSR count). The van der Waals surface area contributed by atoms with Crippen LogP contribution in [-0.2, 0) is 0 Å². The minimum atomic E-state index is -0.718. The molecule has 1 saturated heterocycles. The van der Waals surface area contributed by atoms with Gasteiger partial charge in [0.15, 0.2) is 11.6 Å². The first-order valence-corrected chi connectivity index (χ1v) is 9.20. The first-order chi connectivity index (χ1) is 14.5. The number of aromatic amines is 1. The van der Waals surface area contributed by atoms with Crippen LogP contribution in [0.3, 0.4) is 0 Å². The van der Waals surface area contributed by atoms with Gasteiger partial charge in [-0.05, 0) is 17.7 Å². The molecule has 2 aromatic heterocycles. The zero-order valence-corrected chi connectivity index (χ0v) is 15.4. The molecular weight excluding hydrogens is 401 g/mol. The lowest BCUT2D eigenvalue weighted by Gasteiger charge is -2.41. The zero-order valence-electron chi connectivity index (χ0n) is 15.4. The van der Waals surface area contributed by atoms with Crippen molar-refractivity contribution in [2.24, 2.45) is 5.10 Å². The molecule has 0 saturated carbocycles. The van der Waals surface area contributed by atoms with Crippen LogP contribution in [0, 0.1) is 17.6 Å². The van der Waals surface area contributed by atoms with Gasteiger partial charge in [-0.1, -0.05) is 0 Å². The lowest BCUT2D eigenvalue weighted by atomic mass is 10.1. The number of pyridine rings is 1. The molecule has 1 N–H and O–H groups in total. The van der Waals surface area contributed by atoms with E-state index in [0.29, 0.717) is 12.0 Å². The van der Waals surface area contributed by atoms with Gasteiger partial charge in [0.25, 0.3) is 0 Å². The van der Waals surface area contributed by atoms with E-state index in [1.807, 2.05) is 0 Å². The number of carbonyl (C=O) groups excluding carboxylic acids is 1. The summed E-state index contributed by atoms with van der Waals surface area (Å²) in [5.41, 5.74) is 0.796. The summed E-state index contributed by atoms with van der Waals surface area (Å²) in [5.74, 6) is -1.98. The molecule has 11 heteroatoms. The van der Waals surface area contributed by atoms with E-state index in [2.05, 4.69) is 20.3 Å². The van der Waals surface area contributed by atoms with Gasteiger partial charge in [0.05, 0.1) is 36.2 Å². The number of ether oxygens (including phenoxy) is 1. The fraction of sp³-hybridized carbons (Fsp3) is 0.263. The largest absolute Gasteiger partial charge is 0.484 e. The quantitative estimate of drug-likeness (QED) is 0.711. The average molecular weight is 416 g/mol. The molecule has 0 spiro atoms. The van der Waals surface area contributed by atoms with Crippen molar-refractivity contribution in [1.29, 1.82) is 0 Å². The van der Waals surface area contributed by atoms with Gasteiger partial charge in [0.2, 0.25) is 5.95 Å². The van der Waals surface area contributed by atoms with Crippen molar-refractivity contribution >= 4 is 23.1 Å². The molecule has 1 fully saturated rings. The number of carbonyl (C=O) groups is 1. The van der Waals surface area contributed by atoms with Gasteiger partial charge >= 0.3 is 6.03 Å². The fourth-order valence-electron chi connectivity index (χ4n) is 3.55. The number of halogens is 3. The number of fused-ring (bicyclic) bond motifs is 1. The van der Waals surface area contributed by atoms with Crippen LogP contribution in [0.25, 0.3) is 10.9 Å². The number of benzene rings is 1. The summed E-state index contributed by atoms with van der Waals surface area (Å²) in [6.45, 7) is 0.455. The van der Waals surface area contributed by atoms with Crippen LogP contribution in [0.4, 0.5) is 18.0 Å². The number of urea groups is 1. The Morgan fingerprint density at radius 2 is 2.00 bits per heavy atom. The Morgan fingerprint density at radius 1 is 1.17 bits per heavy atom. The van der Waals surface area contributed by atoms with Crippen LogP contribution in [0.2, 0.25) is 0 Å². The fourth-order valence-corrected chi connectivity index (χ4v) is 3.55. The van der Waals surface area contributed by atoms with Gasteiger partial charge in [-0.3, -0.25) is 10.1 Å². The van der Waals surface area contributed by atoms with E-state index >= 15 is 0 Å². The highest BCUT2D eigenvalue weighted by atomic mass is 19.1. The van der Waals surface area contributed by atoms with Crippen LogP contribution in [0.15, 0.2) is 35.7 Å². The third kappa shape index (κ3) is 3.11.